The first-order valence-corrected chi connectivity index (χ1v) is 7.42. The van der Waals surface area contributed by atoms with Crippen LogP contribution in [0, 0.1) is 0 Å². The van der Waals surface area contributed by atoms with Crippen LogP contribution in [0.2, 0.25) is 5.02 Å². The standard InChI is InChI=1S/C16H13ClN4O3/c1-20-8-11(2-7-15(20)22)16(23)24-10-13-9-21(19-18-13)14-5-3-12(17)4-6-14/h2-9H,10H2,1H3. The maximum absolute atomic E-state index is 12.0. The maximum Gasteiger partial charge on any atom is 0.340 e. The molecule has 0 saturated heterocycles. The third-order valence-corrected chi connectivity index (χ3v) is 3.56. The van der Waals surface area contributed by atoms with Crippen molar-refractivity contribution in [3.63, 3.8) is 0 Å². The molecule has 24 heavy (non-hydrogen) atoms. The molecular weight excluding hydrogens is 332 g/mol. The fourth-order valence-electron chi connectivity index (χ4n) is 2.02. The first-order chi connectivity index (χ1) is 11.5. The molecule has 0 unspecified atom stereocenters. The Balaban J connectivity index is 1.66. The number of hydrogen-bond donors (Lipinski definition) is 0. The number of benzene rings is 1. The van der Waals surface area contributed by atoms with Crippen LogP contribution in [0.1, 0.15) is 16.1 Å². The lowest BCUT2D eigenvalue weighted by molar-refractivity contribution is 0.0466. The van der Waals surface area contributed by atoms with Gasteiger partial charge in [0.25, 0.3) is 0 Å². The molecule has 2 heterocycles. The smallest absolute Gasteiger partial charge is 0.340 e. The van der Waals surface area contributed by atoms with Gasteiger partial charge in [-0.2, -0.15) is 0 Å². The summed E-state index contributed by atoms with van der Waals surface area (Å²) in [5, 5.41) is 8.57. The van der Waals surface area contributed by atoms with Gasteiger partial charge >= 0.3 is 5.97 Å². The van der Waals surface area contributed by atoms with E-state index >= 15 is 0 Å². The summed E-state index contributed by atoms with van der Waals surface area (Å²) in [6, 6.07) is 9.84. The molecule has 0 bridgehead atoms. The van der Waals surface area contributed by atoms with E-state index in [1.807, 2.05) is 0 Å². The summed E-state index contributed by atoms with van der Waals surface area (Å²) in [6.45, 7) is -0.0186. The van der Waals surface area contributed by atoms with Gasteiger partial charge < -0.3 is 9.30 Å². The van der Waals surface area contributed by atoms with Crippen molar-refractivity contribution in [3.05, 3.63) is 75.4 Å². The van der Waals surface area contributed by atoms with E-state index < -0.39 is 5.97 Å². The Bertz CT molecular complexity index is 931. The van der Waals surface area contributed by atoms with Crippen LogP contribution in [-0.2, 0) is 18.4 Å². The maximum atomic E-state index is 12.0. The number of carbonyl (C=O) groups excluding carboxylic acids is 1. The normalized spacial score (nSPS) is 10.6. The summed E-state index contributed by atoms with van der Waals surface area (Å²) in [7, 11) is 1.57. The highest BCUT2D eigenvalue weighted by Gasteiger charge is 2.10. The van der Waals surface area contributed by atoms with Crippen molar-refractivity contribution in [1.82, 2.24) is 19.6 Å². The molecule has 1 aromatic carbocycles. The van der Waals surface area contributed by atoms with Crippen molar-refractivity contribution in [1.29, 1.82) is 0 Å². The van der Waals surface area contributed by atoms with E-state index in [9.17, 15) is 9.59 Å². The van der Waals surface area contributed by atoms with Gasteiger partial charge in [0, 0.05) is 24.3 Å². The number of hydrogen-bond acceptors (Lipinski definition) is 5. The van der Waals surface area contributed by atoms with E-state index in [0.29, 0.717) is 16.3 Å². The molecule has 122 valence electrons. The number of pyridine rings is 1. The van der Waals surface area contributed by atoms with E-state index in [0.717, 1.165) is 5.69 Å². The second kappa shape index (κ2) is 6.67. The van der Waals surface area contributed by atoms with Crippen LogP contribution in [0.15, 0.2) is 53.6 Å². The van der Waals surface area contributed by atoms with Crippen molar-refractivity contribution < 1.29 is 9.53 Å². The molecule has 0 spiro atoms. The van der Waals surface area contributed by atoms with E-state index in [2.05, 4.69) is 10.3 Å². The molecule has 0 aliphatic heterocycles. The van der Waals surface area contributed by atoms with Crippen LogP contribution >= 0.6 is 11.6 Å². The minimum atomic E-state index is -0.536. The molecule has 0 radical (unpaired) electrons. The predicted octanol–water partition coefficient (Wildman–Crippen LogP) is 1.98. The van der Waals surface area contributed by atoms with Crippen molar-refractivity contribution in [2.45, 2.75) is 6.61 Å². The topological polar surface area (TPSA) is 79.0 Å². The second-order valence-corrected chi connectivity index (χ2v) is 5.51. The van der Waals surface area contributed by atoms with Crippen molar-refractivity contribution in [3.8, 4) is 5.69 Å². The summed E-state index contributed by atoms with van der Waals surface area (Å²) in [4.78, 5) is 23.3. The van der Waals surface area contributed by atoms with E-state index in [1.165, 1.54) is 22.9 Å². The zero-order chi connectivity index (χ0) is 17.1. The average molecular weight is 345 g/mol. The Hall–Kier alpha value is -2.93. The van der Waals surface area contributed by atoms with E-state index in [-0.39, 0.29) is 12.2 Å². The molecule has 3 rings (SSSR count). The Morgan fingerprint density at radius 2 is 1.92 bits per heavy atom. The Labute approximate surface area is 142 Å². The molecule has 0 saturated carbocycles. The van der Waals surface area contributed by atoms with Crippen LogP contribution in [0.4, 0.5) is 0 Å². The van der Waals surface area contributed by atoms with Gasteiger partial charge in [-0.3, -0.25) is 4.79 Å². The lowest BCUT2D eigenvalue weighted by Gasteiger charge is -2.04. The highest BCUT2D eigenvalue weighted by molar-refractivity contribution is 6.30. The summed E-state index contributed by atoms with van der Waals surface area (Å²) >= 11 is 5.84. The van der Waals surface area contributed by atoms with Crippen LogP contribution in [0.5, 0.6) is 0 Å². The fraction of sp³-hybridized carbons (Fsp3) is 0.125. The van der Waals surface area contributed by atoms with Gasteiger partial charge in [0.2, 0.25) is 5.56 Å². The first-order valence-electron chi connectivity index (χ1n) is 7.04. The van der Waals surface area contributed by atoms with Crippen molar-refractivity contribution in [2.24, 2.45) is 7.05 Å². The van der Waals surface area contributed by atoms with Crippen LogP contribution in [-0.4, -0.2) is 25.5 Å². The summed E-state index contributed by atoms with van der Waals surface area (Å²) in [5.41, 5.74) is 1.39. The molecule has 0 N–H and O–H groups in total. The number of rotatable bonds is 4. The summed E-state index contributed by atoms with van der Waals surface area (Å²) < 4.78 is 8.06. The highest BCUT2D eigenvalue weighted by Crippen LogP contribution is 2.13. The van der Waals surface area contributed by atoms with Gasteiger partial charge in [-0.25, -0.2) is 9.48 Å². The molecule has 0 atom stereocenters. The quantitative estimate of drug-likeness (QED) is 0.676. The zero-order valence-corrected chi connectivity index (χ0v) is 13.5. The van der Waals surface area contributed by atoms with Crippen LogP contribution in [0.3, 0.4) is 0 Å². The molecule has 7 nitrogen and oxygen atoms in total. The predicted molar refractivity (Wildman–Crippen MR) is 87.2 cm³/mol. The average Bonchev–Trinajstić information content (AvgIpc) is 3.05. The largest absolute Gasteiger partial charge is 0.455 e. The SMILES string of the molecule is Cn1cc(C(=O)OCc2cn(-c3ccc(Cl)cc3)nn2)ccc1=O. The third-order valence-electron chi connectivity index (χ3n) is 3.30. The number of nitrogens with zero attached hydrogens (tertiary/aromatic N) is 4. The molecule has 0 amide bonds. The molecule has 3 aromatic rings. The number of halogens is 1. The Morgan fingerprint density at radius 3 is 2.62 bits per heavy atom. The highest BCUT2D eigenvalue weighted by atomic mass is 35.5. The number of aromatic nitrogens is 4. The number of ether oxygens (including phenoxy) is 1. The molecule has 0 fully saturated rings. The molecule has 8 heteroatoms. The van der Waals surface area contributed by atoms with E-state index in [4.69, 9.17) is 16.3 Å². The van der Waals surface area contributed by atoms with Gasteiger partial charge in [0.15, 0.2) is 0 Å². The van der Waals surface area contributed by atoms with Crippen LogP contribution in [0.25, 0.3) is 5.69 Å². The van der Waals surface area contributed by atoms with Gasteiger partial charge in [0.05, 0.1) is 17.4 Å². The van der Waals surface area contributed by atoms with Gasteiger partial charge in [0.1, 0.15) is 12.3 Å². The second-order valence-electron chi connectivity index (χ2n) is 5.07. The van der Waals surface area contributed by atoms with Gasteiger partial charge in [-0.1, -0.05) is 16.8 Å². The van der Waals surface area contributed by atoms with Crippen molar-refractivity contribution in [2.75, 3.05) is 0 Å². The van der Waals surface area contributed by atoms with Crippen LogP contribution < -0.4 is 5.56 Å². The number of esters is 1. The summed E-state index contributed by atoms with van der Waals surface area (Å²) in [6.07, 6.45) is 3.09. The first kappa shape index (κ1) is 15.9. The lowest BCUT2D eigenvalue weighted by Crippen LogP contribution is -2.17. The summed E-state index contributed by atoms with van der Waals surface area (Å²) in [5.74, 6) is -0.536. The molecule has 0 aliphatic rings. The monoisotopic (exact) mass is 344 g/mol. The molecular formula is C16H13ClN4O3. The molecule has 0 aliphatic carbocycles. The minimum Gasteiger partial charge on any atom is -0.455 e. The van der Waals surface area contributed by atoms with Gasteiger partial charge in [-0.05, 0) is 30.3 Å². The molecule has 2 aromatic heterocycles. The number of aryl methyl sites for hydroxylation is 1. The number of carbonyl (C=O) groups is 1. The minimum absolute atomic E-state index is 0.0186. The zero-order valence-electron chi connectivity index (χ0n) is 12.7. The Morgan fingerprint density at radius 1 is 1.17 bits per heavy atom. The van der Waals surface area contributed by atoms with Crippen molar-refractivity contribution >= 4 is 17.6 Å². The van der Waals surface area contributed by atoms with E-state index in [1.54, 1.807) is 42.2 Å². The third kappa shape index (κ3) is 3.52. The van der Waals surface area contributed by atoms with Gasteiger partial charge in [-0.15, -0.1) is 5.10 Å². The lowest BCUT2D eigenvalue weighted by atomic mass is 10.3. The fourth-order valence-corrected chi connectivity index (χ4v) is 2.15. The Kier molecular flexibility index (Phi) is 4.43.